The second-order valence-corrected chi connectivity index (χ2v) is 7.66. The smallest absolute Gasteiger partial charge is 0.338 e. The minimum atomic E-state index is -0.534. The molecule has 0 unspecified atom stereocenters. The molecule has 0 spiro atoms. The van der Waals surface area contributed by atoms with Crippen LogP contribution in [0.15, 0.2) is 40.6 Å². The molecule has 1 saturated heterocycles. The van der Waals surface area contributed by atoms with Crippen LogP contribution in [0.4, 0.5) is 11.4 Å². The van der Waals surface area contributed by atoms with E-state index in [9.17, 15) is 14.4 Å². The van der Waals surface area contributed by atoms with Gasteiger partial charge in [-0.1, -0.05) is 0 Å². The van der Waals surface area contributed by atoms with Gasteiger partial charge in [-0.2, -0.15) is 0 Å². The molecule has 0 aliphatic carbocycles. The van der Waals surface area contributed by atoms with Crippen molar-refractivity contribution in [3.8, 4) is 0 Å². The molecule has 1 N–H and O–H groups in total. The van der Waals surface area contributed by atoms with Gasteiger partial charge in [0.05, 0.1) is 22.6 Å². The lowest BCUT2D eigenvalue weighted by Gasteiger charge is -2.33. The van der Waals surface area contributed by atoms with Crippen molar-refractivity contribution >= 4 is 39.5 Å². The summed E-state index contributed by atoms with van der Waals surface area (Å²) < 4.78 is 6.77. The fourth-order valence-corrected chi connectivity index (χ4v) is 4.48. The number of rotatable bonds is 3. The third-order valence-corrected chi connectivity index (χ3v) is 5.82. The number of hydrogen-bond acceptors (Lipinski definition) is 7. The van der Waals surface area contributed by atoms with E-state index in [2.05, 4.69) is 15.2 Å². The zero-order valence-electron chi connectivity index (χ0n) is 14.8. The number of esters is 1. The van der Waals surface area contributed by atoms with Crippen molar-refractivity contribution in [2.24, 2.45) is 0 Å². The van der Waals surface area contributed by atoms with Crippen molar-refractivity contribution in [3.05, 3.63) is 57.5 Å². The summed E-state index contributed by atoms with van der Waals surface area (Å²) in [6.07, 6.45) is 3.47. The molecule has 3 aromatic rings. The number of benzene rings is 1. The average Bonchev–Trinajstić information content (AvgIpc) is 3.35. The van der Waals surface area contributed by atoms with Crippen LogP contribution in [-0.2, 0) is 16.1 Å². The lowest BCUT2D eigenvalue weighted by molar-refractivity contribution is -0.117. The fourth-order valence-electron chi connectivity index (χ4n) is 3.74. The Hall–Kier alpha value is -3.20. The number of carbonyl (C=O) groups excluding carboxylic acids is 2. The molecule has 0 saturated carbocycles. The Balaban J connectivity index is 1.35. The van der Waals surface area contributed by atoms with Gasteiger partial charge in [-0.15, -0.1) is 11.3 Å². The number of carbonyl (C=O) groups is 2. The molecule has 142 valence electrons. The summed E-state index contributed by atoms with van der Waals surface area (Å²) in [6, 6.07) is 6.40. The molecule has 1 atom stereocenters. The van der Waals surface area contributed by atoms with Crippen molar-refractivity contribution in [2.75, 3.05) is 16.8 Å². The van der Waals surface area contributed by atoms with Gasteiger partial charge in [-0.3, -0.25) is 14.0 Å². The maximum atomic E-state index is 12.5. The van der Waals surface area contributed by atoms with Crippen molar-refractivity contribution in [3.63, 3.8) is 0 Å². The molecule has 2 aromatic heterocycles. The average molecular weight is 396 g/mol. The number of fused-ring (bicyclic) bond motifs is 4. The largest absolute Gasteiger partial charge is 0.456 e. The van der Waals surface area contributed by atoms with Crippen LogP contribution in [0.25, 0.3) is 4.96 Å². The molecular weight excluding hydrogens is 380 g/mol. The van der Waals surface area contributed by atoms with Crippen LogP contribution in [-0.4, -0.2) is 33.8 Å². The van der Waals surface area contributed by atoms with Gasteiger partial charge in [-0.05, 0) is 31.0 Å². The highest BCUT2D eigenvalue weighted by atomic mass is 32.1. The highest BCUT2D eigenvalue weighted by Gasteiger charge is 2.36. The highest BCUT2D eigenvalue weighted by molar-refractivity contribution is 7.15. The Bertz CT molecular complexity index is 1170. The fraction of sp³-hybridized carbons (Fsp3) is 0.263. The Morgan fingerprint density at radius 3 is 3.11 bits per heavy atom. The van der Waals surface area contributed by atoms with E-state index in [-0.39, 0.29) is 24.1 Å². The maximum Gasteiger partial charge on any atom is 0.338 e. The molecule has 4 heterocycles. The lowest BCUT2D eigenvalue weighted by Crippen LogP contribution is -2.43. The van der Waals surface area contributed by atoms with Crippen LogP contribution < -0.4 is 15.8 Å². The summed E-state index contributed by atoms with van der Waals surface area (Å²) >= 11 is 1.34. The predicted octanol–water partition coefficient (Wildman–Crippen LogP) is 2.03. The van der Waals surface area contributed by atoms with Crippen molar-refractivity contribution < 1.29 is 14.3 Å². The van der Waals surface area contributed by atoms with Gasteiger partial charge in [0.2, 0.25) is 5.91 Å². The first-order chi connectivity index (χ1) is 13.6. The number of aromatic nitrogens is 2. The van der Waals surface area contributed by atoms with E-state index in [0.717, 1.165) is 25.1 Å². The molecule has 2 aliphatic heterocycles. The molecule has 1 aromatic carbocycles. The van der Waals surface area contributed by atoms with Gasteiger partial charge in [-0.25, -0.2) is 9.78 Å². The van der Waals surface area contributed by atoms with Crippen molar-refractivity contribution in [2.45, 2.75) is 25.5 Å². The number of amides is 1. The lowest BCUT2D eigenvalue weighted by atomic mass is 10.1. The van der Waals surface area contributed by atoms with Crippen LogP contribution in [0.3, 0.4) is 0 Å². The summed E-state index contributed by atoms with van der Waals surface area (Å²) in [5, 5.41) is 4.65. The summed E-state index contributed by atoms with van der Waals surface area (Å²) in [7, 11) is 0. The van der Waals surface area contributed by atoms with Crippen LogP contribution in [0.2, 0.25) is 0 Å². The van der Waals surface area contributed by atoms with Gasteiger partial charge in [0.15, 0.2) is 4.96 Å². The molecule has 28 heavy (non-hydrogen) atoms. The number of nitrogens with one attached hydrogen (secondary N) is 1. The Labute approximate surface area is 163 Å². The van der Waals surface area contributed by atoms with Gasteiger partial charge in [0.25, 0.3) is 5.56 Å². The van der Waals surface area contributed by atoms with Crippen molar-refractivity contribution in [1.82, 2.24) is 9.38 Å². The predicted molar refractivity (Wildman–Crippen MR) is 104 cm³/mol. The Morgan fingerprint density at radius 2 is 2.21 bits per heavy atom. The molecule has 1 fully saturated rings. The number of ether oxygens (including phenoxy) is 1. The van der Waals surface area contributed by atoms with Gasteiger partial charge in [0.1, 0.15) is 12.6 Å². The van der Waals surface area contributed by atoms with E-state index in [0.29, 0.717) is 21.9 Å². The van der Waals surface area contributed by atoms with Crippen molar-refractivity contribution in [1.29, 1.82) is 0 Å². The van der Waals surface area contributed by atoms with Crippen LogP contribution in [0, 0.1) is 0 Å². The first kappa shape index (κ1) is 16.9. The number of thiazole rings is 1. The van der Waals surface area contributed by atoms with Crippen LogP contribution in [0.5, 0.6) is 0 Å². The SMILES string of the molecule is O=C(OCc1cc(=O)n2ccsc2n1)c1ccc2c(c1)NC(=O)[C@H]1CCCN21. The van der Waals surface area contributed by atoms with E-state index in [1.807, 2.05) is 6.07 Å². The zero-order valence-corrected chi connectivity index (χ0v) is 15.6. The standard InChI is InChI=1S/C19H16N4O4S/c24-16-9-12(20-19-23(16)6-7-28-19)10-27-18(26)11-3-4-14-13(8-11)21-17(25)15-2-1-5-22(14)15/h3-4,6-9,15H,1-2,5,10H2,(H,21,25)/t15-/m1/s1. The minimum absolute atomic E-state index is 0.0376. The van der Waals surface area contributed by atoms with Crippen LogP contribution in [0.1, 0.15) is 28.9 Å². The summed E-state index contributed by atoms with van der Waals surface area (Å²) in [4.78, 5) is 43.6. The molecule has 2 aliphatic rings. The van der Waals surface area contributed by atoms with E-state index in [1.165, 1.54) is 21.8 Å². The third-order valence-electron chi connectivity index (χ3n) is 5.06. The second kappa shape index (κ2) is 6.45. The second-order valence-electron chi connectivity index (χ2n) is 6.79. The Morgan fingerprint density at radius 1 is 1.32 bits per heavy atom. The first-order valence-electron chi connectivity index (χ1n) is 8.94. The molecule has 9 heteroatoms. The first-order valence-corrected chi connectivity index (χ1v) is 9.82. The minimum Gasteiger partial charge on any atom is -0.456 e. The summed E-state index contributed by atoms with van der Waals surface area (Å²) in [5.41, 5.74) is 2.07. The molecule has 8 nitrogen and oxygen atoms in total. The molecule has 1 amide bonds. The van der Waals surface area contributed by atoms with Gasteiger partial charge < -0.3 is 15.0 Å². The molecule has 5 rings (SSSR count). The van der Waals surface area contributed by atoms with E-state index in [4.69, 9.17) is 4.74 Å². The summed E-state index contributed by atoms with van der Waals surface area (Å²) in [5.74, 6) is -0.571. The molecular formula is C19H16N4O4S. The number of anilines is 2. The van der Waals surface area contributed by atoms with Gasteiger partial charge >= 0.3 is 5.97 Å². The monoisotopic (exact) mass is 396 g/mol. The van der Waals surface area contributed by atoms with E-state index in [1.54, 1.807) is 23.7 Å². The number of nitrogens with zero attached hydrogens (tertiary/aromatic N) is 3. The number of hydrogen-bond donors (Lipinski definition) is 1. The maximum absolute atomic E-state index is 12.5. The van der Waals surface area contributed by atoms with Crippen LogP contribution >= 0.6 is 11.3 Å². The van der Waals surface area contributed by atoms with E-state index >= 15 is 0 Å². The third kappa shape index (κ3) is 2.75. The summed E-state index contributed by atoms with van der Waals surface area (Å²) in [6.45, 7) is 0.738. The zero-order chi connectivity index (χ0) is 19.3. The molecule has 0 radical (unpaired) electrons. The highest BCUT2D eigenvalue weighted by Crippen LogP contribution is 2.37. The normalized spacial score (nSPS) is 17.9. The topological polar surface area (TPSA) is 93.0 Å². The molecule has 0 bridgehead atoms. The van der Waals surface area contributed by atoms with E-state index < -0.39 is 5.97 Å². The Kier molecular flexibility index (Phi) is 3.90. The van der Waals surface area contributed by atoms with Gasteiger partial charge in [0, 0.05) is 24.2 Å². The quantitative estimate of drug-likeness (QED) is 0.681.